The van der Waals surface area contributed by atoms with Crippen molar-refractivity contribution in [3.8, 4) is 5.75 Å². The standard InChI is InChI=1S/C18H19N2O3/c1-22-15-5-6-16-13(11-19-17(16)10-15)7-9-20-8-3-4-14(12-20)18(21)23-2/h3-6,8,10-12,19H,7,9H2,1-2H3/q+1. The van der Waals surface area contributed by atoms with Gasteiger partial charge in [0, 0.05) is 35.7 Å². The zero-order chi connectivity index (χ0) is 16.2. The maximum absolute atomic E-state index is 11.6. The Morgan fingerprint density at radius 2 is 2.13 bits per heavy atom. The van der Waals surface area contributed by atoms with Crippen LogP contribution in [0.1, 0.15) is 15.9 Å². The number of aromatic amines is 1. The third kappa shape index (κ3) is 3.18. The molecule has 2 aromatic heterocycles. The number of hydrogen-bond acceptors (Lipinski definition) is 3. The zero-order valence-electron chi connectivity index (χ0n) is 13.2. The van der Waals surface area contributed by atoms with Crippen LogP contribution in [-0.4, -0.2) is 25.2 Å². The van der Waals surface area contributed by atoms with Crippen LogP contribution < -0.4 is 9.30 Å². The van der Waals surface area contributed by atoms with Crippen molar-refractivity contribution < 1.29 is 18.8 Å². The van der Waals surface area contributed by atoms with Crippen molar-refractivity contribution in [2.24, 2.45) is 0 Å². The van der Waals surface area contributed by atoms with Crippen molar-refractivity contribution in [1.82, 2.24) is 4.98 Å². The summed E-state index contributed by atoms with van der Waals surface area (Å²) >= 11 is 0. The van der Waals surface area contributed by atoms with Gasteiger partial charge < -0.3 is 14.5 Å². The van der Waals surface area contributed by atoms with Crippen molar-refractivity contribution in [1.29, 1.82) is 0 Å². The summed E-state index contributed by atoms with van der Waals surface area (Å²) in [4.78, 5) is 14.9. The Kier molecular flexibility index (Phi) is 4.28. The third-order valence-electron chi connectivity index (χ3n) is 3.89. The first-order valence-corrected chi connectivity index (χ1v) is 7.42. The highest BCUT2D eigenvalue weighted by Crippen LogP contribution is 2.23. The van der Waals surface area contributed by atoms with E-state index in [0.717, 1.165) is 24.2 Å². The second kappa shape index (κ2) is 6.52. The molecular formula is C18H19N2O3+. The fourth-order valence-electron chi connectivity index (χ4n) is 2.65. The van der Waals surface area contributed by atoms with Crippen LogP contribution in [0, 0.1) is 0 Å². The Balaban J connectivity index is 1.77. The number of methoxy groups -OCH3 is 2. The van der Waals surface area contributed by atoms with Crippen LogP contribution in [0.25, 0.3) is 10.9 Å². The Morgan fingerprint density at radius 1 is 1.26 bits per heavy atom. The van der Waals surface area contributed by atoms with Crippen molar-refractivity contribution in [3.05, 3.63) is 60.0 Å². The van der Waals surface area contributed by atoms with Gasteiger partial charge in [-0.15, -0.1) is 0 Å². The lowest BCUT2D eigenvalue weighted by Crippen LogP contribution is -2.34. The van der Waals surface area contributed by atoms with E-state index in [0.29, 0.717) is 5.56 Å². The molecule has 2 heterocycles. The van der Waals surface area contributed by atoms with E-state index in [9.17, 15) is 4.79 Å². The van der Waals surface area contributed by atoms with Gasteiger partial charge in [0.2, 0.25) is 0 Å². The Hall–Kier alpha value is -2.82. The zero-order valence-corrected chi connectivity index (χ0v) is 13.2. The molecule has 1 N–H and O–H groups in total. The third-order valence-corrected chi connectivity index (χ3v) is 3.89. The molecule has 0 amide bonds. The van der Waals surface area contributed by atoms with Crippen LogP contribution in [0.5, 0.6) is 5.75 Å². The smallest absolute Gasteiger partial charge is 0.343 e. The van der Waals surface area contributed by atoms with Crippen molar-refractivity contribution in [2.45, 2.75) is 13.0 Å². The van der Waals surface area contributed by atoms with Gasteiger partial charge in [0.25, 0.3) is 0 Å². The number of aryl methyl sites for hydroxylation is 2. The number of fused-ring (bicyclic) bond motifs is 1. The second-order valence-corrected chi connectivity index (χ2v) is 5.30. The SMILES string of the molecule is COC(=O)c1ccc[n+](CCc2c[nH]c3cc(OC)ccc23)c1. The summed E-state index contributed by atoms with van der Waals surface area (Å²) in [5, 5.41) is 1.19. The quantitative estimate of drug-likeness (QED) is 0.582. The predicted molar refractivity (Wildman–Crippen MR) is 86.5 cm³/mol. The van der Waals surface area contributed by atoms with Gasteiger partial charge in [-0.05, 0) is 23.8 Å². The summed E-state index contributed by atoms with van der Waals surface area (Å²) in [5.74, 6) is 0.518. The topological polar surface area (TPSA) is 55.2 Å². The van der Waals surface area contributed by atoms with Gasteiger partial charge >= 0.3 is 5.97 Å². The molecule has 118 valence electrons. The van der Waals surface area contributed by atoms with Gasteiger partial charge in [-0.2, -0.15) is 0 Å². The number of nitrogens with one attached hydrogen (secondary N) is 1. The molecule has 3 aromatic rings. The number of esters is 1. The molecule has 0 aliphatic carbocycles. The highest BCUT2D eigenvalue weighted by atomic mass is 16.5. The molecular weight excluding hydrogens is 292 g/mol. The van der Waals surface area contributed by atoms with Crippen LogP contribution in [0.3, 0.4) is 0 Å². The lowest BCUT2D eigenvalue weighted by molar-refractivity contribution is -0.696. The van der Waals surface area contributed by atoms with Crippen LogP contribution in [0.4, 0.5) is 0 Å². The Labute approximate surface area is 134 Å². The average Bonchev–Trinajstić information content (AvgIpc) is 3.01. The molecule has 0 radical (unpaired) electrons. The molecule has 23 heavy (non-hydrogen) atoms. The number of ether oxygens (including phenoxy) is 2. The first-order chi connectivity index (χ1) is 11.2. The summed E-state index contributed by atoms with van der Waals surface area (Å²) in [6.07, 6.45) is 6.64. The molecule has 3 rings (SSSR count). The first-order valence-electron chi connectivity index (χ1n) is 7.42. The molecule has 0 aliphatic heterocycles. The number of pyridine rings is 1. The number of benzene rings is 1. The van der Waals surface area contributed by atoms with Crippen molar-refractivity contribution in [2.75, 3.05) is 14.2 Å². The molecule has 0 saturated carbocycles. The maximum atomic E-state index is 11.6. The monoisotopic (exact) mass is 311 g/mol. The van der Waals surface area contributed by atoms with E-state index in [4.69, 9.17) is 9.47 Å². The molecule has 0 saturated heterocycles. The lowest BCUT2D eigenvalue weighted by atomic mass is 10.1. The number of rotatable bonds is 5. The normalized spacial score (nSPS) is 10.7. The number of nitrogens with zero attached hydrogens (tertiary/aromatic N) is 1. The fourth-order valence-corrected chi connectivity index (χ4v) is 2.65. The average molecular weight is 311 g/mol. The van der Waals surface area contributed by atoms with Crippen LogP contribution >= 0.6 is 0 Å². The first kappa shape index (κ1) is 15.1. The number of carbonyl (C=O) groups excluding carboxylic acids is 1. The molecule has 5 nitrogen and oxygen atoms in total. The summed E-state index contributed by atoms with van der Waals surface area (Å²) in [6, 6.07) is 9.62. The van der Waals surface area contributed by atoms with E-state index in [2.05, 4.69) is 11.1 Å². The van der Waals surface area contributed by atoms with Gasteiger partial charge in [0.1, 0.15) is 11.3 Å². The van der Waals surface area contributed by atoms with Crippen molar-refractivity contribution >= 4 is 16.9 Å². The molecule has 0 aliphatic rings. The van der Waals surface area contributed by atoms with E-state index in [1.54, 1.807) is 13.2 Å². The van der Waals surface area contributed by atoms with E-state index < -0.39 is 0 Å². The molecule has 0 spiro atoms. The van der Waals surface area contributed by atoms with E-state index >= 15 is 0 Å². The number of hydrogen-bond donors (Lipinski definition) is 1. The minimum absolute atomic E-state index is 0.321. The summed E-state index contributed by atoms with van der Waals surface area (Å²) in [6.45, 7) is 0.782. The summed E-state index contributed by atoms with van der Waals surface area (Å²) < 4.78 is 12.0. The van der Waals surface area contributed by atoms with Gasteiger partial charge in [0.05, 0.1) is 14.2 Å². The maximum Gasteiger partial charge on any atom is 0.343 e. The summed E-state index contributed by atoms with van der Waals surface area (Å²) in [7, 11) is 3.05. The van der Waals surface area contributed by atoms with Crippen molar-refractivity contribution in [3.63, 3.8) is 0 Å². The Morgan fingerprint density at radius 3 is 2.91 bits per heavy atom. The summed E-state index contributed by atoms with van der Waals surface area (Å²) in [5.41, 5.74) is 2.85. The molecule has 0 unspecified atom stereocenters. The van der Waals surface area contributed by atoms with Crippen LogP contribution in [-0.2, 0) is 17.7 Å². The largest absolute Gasteiger partial charge is 0.497 e. The highest BCUT2D eigenvalue weighted by Gasteiger charge is 2.12. The Bertz CT molecular complexity index is 839. The molecule has 0 bridgehead atoms. The van der Waals surface area contributed by atoms with Crippen LogP contribution in [0.15, 0.2) is 48.9 Å². The van der Waals surface area contributed by atoms with Gasteiger partial charge in [-0.3, -0.25) is 0 Å². The molecule has 5 heteroatoms. The van der Waals surface area contributed by atoms with Crippen LogP contribution in [0.2, 0.25) is 0 Å². The van der Waals surface area contributed by atoms with Gasteiger partial charge in [0.15, 0.2) is 18.9 Å². The lowest BCUT2D eigenvalue weighted by Gasteiger charge is -2.01. The molecule has 1 aromatic carbocycles. The minimum Gasteiger partial charge on any atom is -0.497 e. The van der Waals surface area contributed by atoms with E-state index in [1.807, 2.05) is 41.4 Å². The second-order valence-electron chi connectivity index (χ2n) is 5.30. The fraction of sp³-hybridized carbons (Fsp3) is 0.222. The van der Waals surface area contributed by atoms with E-state index in [-0.39, 0.29) is 5.97 Å². The highest BCUT2D eigenvalue weighted by molar-refractivity contribution is 5.88. The molecule has 0 fully saturated rings. The van der Waals surface area contributed by atoms with Gasteiger partial charge in [-0.25, -0.2) is 9.36 Å². The number of H-pyrrole nitrogens is 1. The van der Waals surface area contributed by atoms with E-state index in [1.165, 1.54) is 18.1 Å². The predicted octanol–water partition coefficient (Wildman–Crippen LogP) is 2.49. The number of carbonyl (C=O) groups is 1. The number of aromatic nitrogens is 2. The molecule has 0 atom stereocenters. The minimum atomic E-state index is -0.321. The van der Waals surface area contributed by atoms with Gasteiger partial charge in [-0.1, -0.05) is 0 Å².